The molecule has 6 heteroatoms. The quantitative estimate of drug-likeness (QED) is 0.485. The molecule has 92 valence electrons. The number of para-hydroxylation sites is 1. The van der Waals surface area contributed by atoms with E-state index in [4.69, 9.17) is 9.47 Å². The van der Waals surface area contributed by atoms with Crippen LogP contribution >= 0.6 is 15.9 Å². The van der Waals surface area contributed by atoms with E-state index in [2.05, 4.69) is 20.7 Å². The van der Waals surface area contributed by atoms with Gasteiger partial charge in [-0.25, -0.2) is 9.59 Å². The minimum atomic E-state index is -0.860. The zero-order valence-electron chi connectivity index (χ0n) is 9.14. The number of benzene rings is 1. The predicted molar refractivity (Wildman–Crippen MR) is 63.6 cm³/mol. The van der Waals surface area contributed by atoms with E-state index in [-0.39, 0.29) is 17.9 Å². The SMILES string of the molecule is COC(=O)c1ccccc1OC(=O)OCCBr. The van der Waals surface area contributed by atoms with E-state index in [1.54, 1.807) is 12.1 Å². The van der Waals surface area contributed by atoms with Crippen molar-refractivity contribution in [2.45, 2.75) is 0 Å². The molecule has 0 bridgehead atoms. The van der Waals surface area contributed by atoms with Crippen molar-refractivity contribution in [3.63, 3.8) is 0 Å². The summed E-state index contributed by atoms with van der Waals surface area (Å²) in [5.74, 6) is -0.465. The summed E-state index contributed by atoms with van der Waals surface area (Å²) in [7, 11) is 1.25. The maximum absolute atomic E-state index is 11.4. The second-order valence-electron chi connectivity index (χ2n) is 2.88. The van der Waals surface area contributed by atoms with Gasteiger partial charge in [0.1, 0.15) is 17.9 Å². The number of hydrogen-bond donors (Lipinski definition) is 0. The fraction of sp³-hybridized carbons (Fsp3) is 0.273. The first kappa shape index (κ1) is 13.5. The maximum atomic E-state index is 11.4. The Morgan fingerprint density at radius 2 is 2.00 bits per heavy atom. The third-order valence-electron chi connectivity index (χ3n) is 1.78. The van der Waals surface area contributed by atoms with Crippen molar-refractivity contribution < 1.29 is 23.8 Å². The lowest BCUT2D eigenvalue weighted by Crippen LogP contribution is -2.14. The number of hydrogen-bond acceptors (Lipinski definition) is 5. The van der Waals surface area contributed by atoms with Crippen LogP contribution in [0, 0.1) is 0 Å². The molecular formula is C11H11BrO5. The number of rotatable bonds is 4. The van der Waals surface area contributed by atoms with Crippen LogP contribution in [0.3, 0.4) is 0 Å². The van der Waals surface area contributed by atoms with Crippen LogP contribution in [0.1, 0.15) is 10.4 Å². The summed E-state index contributed by atoms with van der Waals surface area (Å²) in [4.78, 5) is 22.6. The maximum Gasteiger partial charge on any atom is 0.513 e. The average Bonchev–Trinajstić information content (AvgIpc) is 2.36. The van der Waals surface area contributed by atoms with Crippen LogP contribution in [-0.2, 0) is 9.47 Å². The minimum Gasteiger partial charge on any atom is -0.465 e. The van der Waals surface area contributed by atoms with Gasteiger partial charge in [-0.3, -0.25) is 0 Å². The van der Waals surface area contributed by atoms with Crippen LogP contribution in [0.4, 0.5) is 4.79 Å². The summed E-state index contributed by atoms with van der Waals surface area (Å²) in [5, 5.41) is 0.515. The van der Waals surface area contributed by atoms with Crippen molar-refractivity contribution in [2.75, 3.05) is 19.0 Å². The first-order chi connectivity index (χ1) is 8.19. The Labute approximate surface area is 107 Å². The standard InChI is InChI=1S/C11H11BrO5/c1-15-10(13)8-4-2-3-5-9(8)17-11(14)16-7-6-12/h2-5H,6-7H2,1H3. The molecule has 0 fully saturated rings. The van der Waals surface area contributed by atoms with E-state index < -0.39 is 12.1 Å². The number of carbonyl (C=O) groups excluding carboxylic acids is 2. The fourth-order valence-electron chi connectivity index (χ4n) is 1.08. The highest BCUT2D eigenvalue weighted by atomic mass is 79.9. The van der Waals surface area contributed by atoms with Crippen LogP contribution < -0.4 is 4.74 Å². The van der Waals surface area contributed by atoms with Gasteiger partial charge in [-0.1, -0.05) is 28.1 Å². The Morgan fingerprint density at radius 3 is 2.65 bits per heavy atom. The molecule has 0 N–H and O–H groups in total. The Kier molecular flexibility index (Phi) is 5.48. The van der Waals surface area contributed by atoms with Gasteiger partial charge in [0.2, 0.25) is 0 Å². The zero-order chi connectivity index (χ0) is 12.7. The molecule has 0 saturated carbocycles. The predicted octanol–water partition coefficient (Wildman–Crippen LogP) is 2.38. The molecule has 0 amide bonds. The first-order valence-electron chi connectivity index (χ1n) is 4.77. The molecule has 0 aliphatic rings. The van der Waals surface area contributed by atoms with Crippen molar-refractivity contribution in [3.8, 4) is 5.75 Å². The van der Waals surface area contributed by atoms with Crippen LogP contribution in [0.2, 0.25) is 0 Å². The number of alkyl halides is 1. The number of carbonyl (C=O) groups is 2. The Balaban J connectivity index is 2.76. The molecule has 1 aromatic carbocycles. The average molecular weight is 303 g/mol. The summed E-state index contributed by atoms with van der Waals surface area (Å²) in [6.07, 6.45) is -0.860. The van der Waals surface area contributed by atoms with Gasteiger partial charge in [-0.05, 0) is 12.1 Å². The lowest BCUT2D eigenvalue weighted by Gasteiger charge is -2.08. The largest absolute Gasteiger partial charge is 0.513 e. The van der Waals surface area contributed by atoms with Crippen molar-refractivity contribution >= 4 is 28.1 Å². The molecule has 17 heavy (non-hydrogen) atoms. The van der Waals surface area contributed by atoms with Gasteiger partial charge in [0.15, 0.2) is 0 Å². The number of halogens is 1. The molecule has 0 radical (unpaired) electrons. The van der Waals surface area contributed by atoms with Crippen LogP contribution in [0.15, 0.2) is 24.3 Å². The third-order valence-corrected chi connectivity index (χ3v) is 2.11. The third kappa shape index (κ3) is 4.07. The van der Waals surface area contributed by atoms with Gasteiger partial charge in [0.25, 0.3) is 0 Å². The van der Waals surface area contributed by atoms with E-state index in [0.717, 1.165) is 0 Å². The molecule has 5 nitrogen and oxygen atoms in total. The monoisotopic (exact) mass is 302 g/mol. The summed E-state index contributed by atoms with van der Waals surface area (Å²) >= 11 is 3.11. The molecule has 0 atom stereocenters. The van der Waals surface area contributed by atoms with Gasteiger partial charge in [0, 0.05) is 5.33 Å². The second-order valence-corrected chi connectivity index (χ2v) is 3.67. The highest BCUT2D eigenvalue weighted by Gasteiger charge is 2.15. The number of ether oxygens (including phenoxy) is 3. The Bertz CT molecular complexity index is 405. The number of esters is 1. The summed E-state index contributed by atoms with van der Waals surface area (Å²) in [5.41, 5.74) is 0.172. The molecule has 1 aromatic rings. The van der Waals surface area contributed by atoms with E-state index in [0.29, 0.717) is 5.33 Å². The highest BCUT2D eigenvalue weighted by Crippen LogP contribution is 2.19. The molecule has 1 rings (SSSR count). The molecule has 0 unspecified atom stereocenters. The normalized spacial score (nSPS) is 9.53. The van der Waals surface area contributed by atoms with Crippen molar-refractivity contribution in [1.82, 2.24) is 0 Å². The smallest absolute Gasteiger partial charge is 0.465 e. The Hall–Kier alpha value is -1.56. The molecule has 0 aliphatic carbocycles. The van der Waals surface area contributed by atoms with E-state index in [1.807, 2.05) is 0 Å². The van der Waals surface area contributed by atoms with E-state index in [1.165, 1.54) is 19.2 Å². The topological polar surface area (TPSA) is 61.8 Å². The zero-order valence-corrected chi connectivity index (χ0v) is 10.7. The molecular weight excluding hydrogens is 292 g/mol. The Morgan fingerprint density at radius 1 is 1.29 bits per heavy atom. The number of methoxy groups -OCH3 is 1. The van der Waals surface area contributed by atoms with Gasteiger partial charge in [-0.15, -0.1) is 0 Å². The van der Waals surface area contributed by atoms with Crippen molar-refractivity contribution in [3.05, 3.63) is 29.8 Å². The minimum absolute atomic E-state index is 0.110. The summed E-state index contributed by atoms with van der Waals surface area (Å²) in [6, 6.07) is 6.27. The van der Waals surface area contributed by atoms with Crippen LogP contribution in [0.5, 0.6) is 5.75 Å². The lowest BCUT2D eigenvalue weighted by atomic mass is 10.2. The highest BCUT2D eigenvalue weighted by molar-refractivity contribution is 9.09. The molecule has 0 saturated heterocycles. The summed E-state index contributed by atoms with van der Waals surface area (Å²) < 4.78 is 14.2. The molecule has 0 aromatic heterocycles. The summed E-state index contributed by atoms with van der Waals surface area (Å²) in [6.45, 7) is 0.194. The molecule has 0 spiro atoms. The van der Waals surface area contributed by atoms with E-state index in [9.17, 15) is 9.59 Å². The van der Waals surface area contributed by atoms with Crippen molar-refractivity contribution in [1.29, 1.82) is 0 Å². The van der Waals surface area contributed by atoms with Gasteiger partial charge >= 0.3 is 12.1 Å². The van der Waals surface area contributed by atoms with E-state index >= 15 is 0 Å². The van der Waals surface area contributed by atoms with Crippen molar-refractivity contribution in [2.24, 2.45) is 0 Å². The molecule has 0 aliphatic heterocycles. The molecule has 0 heterocycles. The first-order valence-corrected chi connectivity index (χ1v) is 5.89. The van der Waals surface area contributed by atoms with Gasteiger partial charge in [-0.2, -0.15) is 0 Å². The fourth-order valence-corrected chi connectivity index (χ4v) is 1.24. The van der Waals surface area contributed by atoms with Gasteiger partial charge < -0.3 is 14.2 Å². The van der Waals surface area contributed by atoms with Crippen LogP contribution in [-0.4, -0.2) is 31.2 Å². The van der Waals surface area contributed by atoms with Crippen LogP contribution in [0.25, 0.3) is 0 Å². The lowest BCUT2D eigenvalue weighted by molar-refractivity contribution is 0.0595. The second kappa shape index (κ2) is 6.90. The van der Waals surface area contributed by atoms with Gasteiger partial charge in [0.05, 0.1) is 7.11 Å².